The molecule has 0 aliphatic rings. The van der Waals surface area contributed by atoms with Crippen LogP contribution in [0, 0.1) is 0 Å². The molecule has 0 amide bonds. The Morgan fingerprint density at radius 3 is 2.54 bits per heavy atom. The van der Waals surface area contributed by atoms with Crippen LogP contribution in [0.15, 0.2) is 24.7 Å². The third-order valence-corrected chi connectivity index (χ3v) is 3.93. The van der Waals surface area contributed by atoms with Crippen LogP contribution in [0.4, 0.5) is 30.8 Å². The zero-order chi connectivity index (χ0) is 23.0. The van der Waals surface area contributed by atoms with E-state index in [9.17, 15) is 13.2 Å². The Balaban J connectivity index is 2.03. The van der Waals surface area contributed by atoms with Crippen molar-refractivity contribution in [3.8, 4) is 0 Å². The summed E-state index contributed by atoms with van der Waals surface area (Å²) in [7, 11) is 0. The van der Waals surface area contributed by atoms with Gasteiger partial charge in [-0.1, -0.05) is 0 Å². The van der Waals surface area contributed by atoms with Gasteiger partial charge in [0, 0.05) is 29.9 Å². The molecular formula is C16H20F3N9. The topological polar surface area (TPSA) is 98.4 Å². The molecule has 12 heteroatoms. The van der Waals surface area contributed by atoms with Crippen molar-refractivity contribution in [3.05, 3.63) is 35.9 Å². The van der Waals surface area contributed by atoms with E-state index in [1.807, 2.05) is 0 Å². The van der Waals surface area contributed by atoms with Crippen molar-refractivity contribution < 1.29 is 17.3 Å². The number of aromatic nitrogens is 7. The molecule has 0 unspecified atom stereocenters. The van der Waals surface area contributed by atoms with E-state index < -0.39 is 30.1 Å². The van der Waals surface area contributed by atoms with Gasteiger partial charge in [0.15, 0.2) is 0 Å². The van der Waals surface area contributed by atoms with E-state index in [0.29, 0.717) is 11.9 Å². The number of nitrogens with one attached hydrogen (secondary N) is 2. The predicted molar refractivity (Wildman–Crippen MR) is 96.1 cm³/mol. The second-order valence-corrected chi connectivity index (χ2v) is 6.31. The van der Waals surface area contributed by atoms with E-state index in [4.69, 9.17) is 4.11 Å². The molecule has 0 radical (unpaired) electrons. The highest BCUT2D eigenvalue weighted by Gasteiger charge is 2.35. The number of nitrogens with zero attached hydrogens (tertiary/aromatic N) is 7. The van der Waals surface area contributed by atoms with Crippen molar-refractivity contribution in [2.45, 2.75) is 32.5 Å². The first-order valence-corrected chi connectivity index (χ1v) is 8.27. The fourth-order valence-corrected chi connectivity index (χ4v) is 2.44. The van der Waals surface area contributed by atoms with E-state index >= 15 is 0 Å². The Morgan fingerprint density at radius 2 is 1.93 bits per heavy atom. The first-order valence-electron chi connectivity index (χ1n) is 9.77. The summed E-state index contributed by atoms with van der Waals surface area (Å²) in [6.45, 7) is 2.62. The Kier molecular flexibility index (Phi) is 4.01. The fraction of sp³-hybridized carbons (Fsp3) is 0.438. The molecule has 0 spiro atoms. The average Bonchev–Trinajstić information content (AvgIpc) is 3.31. The van der Waals surface area contributed by atoms with E-state index in [1.165, 1.54) is 23.3 Å². The van der Waals surface area contributed by atoms with Gasteiger partial charge in [-0.2, -0.15) is 38.2 Å². The van der Waals surface area contributed by atoms with Crippen LogP contribution in [-0.2, 0) is 18.7 Å². The minimum absolute atomic E-state index is 0.0301. The number of alkyl halides is 3. The predicted octanol–water partition coefficient (Wildman–Crippen LogP) is 2.78. The van der Waals surface area contributed by atoms with Gasteiger partial charge in [0.1, 0.15) is 22.7 Å². The van der Waals surface area contributed by atoms with E-state index in [0.717, 1.165) is 4.68 Å². The van der Waals surface area contributed by atoms with Gasteiger partial charge in [-0.05, 0) is 20.8 Å². The van der Waals surface area contributed by atoms with Gasteiger partial charge in [0.2, 0.25) is 5.95 Å². The highest BCUT2D eigenvalue weighted by atomic mass is 19.4. The van der Waals surface area contributed by atoms with Gasteiger partial charge in [0.25, 0.3) is 0 Å². The monoisotopic (exact) mass is 398 g/mol. The standard InChI is InChI=1S/C16H20F3N9/c1-5-20-13-10(16(17,18)19)9-21-14(25-13)24-12-8-11(26-27(12)4)15(2,3)28-22-6-7-23-28/h6-9H,5H2,1-4H3,(H2,20,21,24,25)/i4D3. The average molecular weight is 398 g/mol. The zero-order valence-electron chi connectivity index (χ0n) is 18.3. The molecule has 2 N–H and O–H groups in total. The van der Waals surface area contributed by atoms with Crippen molar-refractivity contribution in [2.24, 2.45) is 6.98 Å². The molecule has 0 saturated carbocycles. The zero-order valence-corrected chi connectivity index (χ0v) is 15.3. The molecule has 3 aromatic heterocycles. The van der Waals surface area contributed by atoms with Gasteiger partial charge in [0.05, 0.1) is 18.1 Å². The number of aryl methyl sites for hydroxylation is 1. The van der Waals surface area contributed by atoms with Crippen molar-refractivity contribution in [1.82, 2.24) is 34.7 Å². The molecule has 3 rings (SSSR count). The van der Waals surface area contributed by atoms with Crippen molar-refractivity contribution >= 4 is 17.6 Å². The molecule has 0 aliphatic heterocycles. The van der Waals surface area contributed by atoms with Crippen LogP contribution >= 0.6 is 0 Å². The lowest BCUT2D eigenvalue weighted by atomic mass is 10.0. The van der Waals surface area contributed by atoms with Crippen LogP contribution in [-0.4, -0.2) is 41.3 Å². The maximum atomic E-state index is 13.2. The molecule has 0 atom stereocenters. The lowest BCUT2D eigenvalue weighted by Gasteiger charge is -2.20. The molecular weight excluding hydrogens is 375 g/mol. The molecule has 0 fully saturated rings. The molecule has 0 aliphatic carbocycles. The normalized spacial score (nSPS) is 14.3. The van der Waals surface area contributed by atoms with E-state index in [2.05, 4.69) is 35.9 Å². The van der Waals surface area contributed by atoms with Gasteiger partial charge in [-0.15, -0.1) is 0 Å². The summed E-state index contributed by atoms with van der Waals surface area (Å²) in [4.78, 5) is 8.91. The third kappa shape index (κ3) is 3.75. The highest BCUT2D eigenvalue weighted by molar-refractivity contribution is 5.54. The smallest absolute Gasteiger partial charge is 0.370 e. The van der Waals surface area contributed by atoms with Crippen LogP contribution in [0.25, 0.3) is 0 Å². The summed E-state index contributed by atoms with van der Waals surface area (Å²) in [5.41, 5.74) is -1.64. The van der Waals surface area contributed by atoms with Crippen molar-refractivity contribution in [3.63, 3.8) is 0 Å². The van der Waals surface area contributed by atoms with Crippen LogP contribution < -0.4 is 10.6 Å². The summed E-state index contributed by atoms with van der Waals surface area (Å²) in [5.74, 6) is -0.679. The van der Waals surface area contributed by atoms with Crippen molar-refractivity contribution in [1.29, 1.82) is 0 Å². The molecule has 9 nitrogen and oxygen atoms in total. The quantitative estimate of drug-likeness (QED) is 0.659. The van der Waals surface area contributed by atoms with Gasteiger partial charge in [-0.25, -0.2) is 4.98 Å². The summed E-state index contributed by atoms with van der Waals surface area (Å²) in [6.07, 6.45) is -1.08. The second kappa shape index (κ2) is 7.09. The molecule has 3 aromatic rings. The van der Waals surface area contributed by atoms with E-state index in [-0.39, 0.29) is 18.3 Å². The number of hydrogen-bond acceptors (Lipinski definition) is 7. The third-order valence-electron chi connectivity index (χ3n) is 3.93. The number of halogens is 3. The lowest BCUT2D eigenvalue weighted by Crippen LogP contribution is -2.30. The van der Waals surface area contributed by atoms with Gasteiger partial charge in [-0.3, -0.25) is 4.68 Å². The van der Waals surface area contributed by atoms with Crippen LogP contribution in [0.3, 0.4) is 0 Å². The maximum Gasteiger partial charge on any atom is 0.421 e. The maximum absolute atomic E-state index is 13.2. The molecule has 0 bridgehead atoms. The van der Waals surface area contributed by atoms with Gasteiger partial charge >= 0.3 is 6.18 Å². The van der Waals surface area contributed by atoms with Crippen molar-refractivity contribution in [2.75, 3.05) is 17.2 Å². The largest absolute Gasteiger partial charge is 0.421 e. The van der Waals surface area contributed by atoms with Crippen LogP contribution in [0.2, 0.25) is 0 Å². The molecule has 28 heavy (non-hydrogen) atoms. The highest BCUT2D eigenvalue weighted by Crippen LogP contribution is 2.34. The van der Waals surface area contributed by atoms with E-state index in [1.54, 1.807) is 20.8 Å². The SMILES string of the molecule is [2H]C([2H])([2H])n1nc(C(C)(C)n2nccn2)cc1Nc1ncc(C(F)(F)F)c(NCC)n1. The molecule has 3 heterocycles. The Hall–Kier alpha value is -3.18. The molecule has 150 valence electrons. The molecule has 0 aromatic carbocycles. The van der Waals surface area contributed by atoms with Crippen LogP contribution in [0.5, 0.6) is 0 Å². The second-order valence-electron chi connectivity index (χ2n) is 6.31. The minimum atomic E-state index is -4.65. The number of hydrogen-bond donors (Lipinski definition) is 2. The summed E-state index contributed by atoms with van der Waals surface area (Å²) in [6, 6.07) is 1.43. The summed E-state index contributed by atoms with van der Waals surface area (Å²) in [5, 5.41) is 17.5. The Bertz CT molecular complexity index is 1040. The summed E-state index contributed by atoms with van der Waals surface area (Å²) >= 11 is 0. The number of anilines is 3. The molecule has 0 saturated heterocycles. The first kappa shape index (κ1) is 15.8. The Morgan fingerprint density at radius 1 is 1.21 bits per heavy atom. The summed E-state index contributed by atoms with van der Waals surface area (Å²) < 4.78 is 63.5. The fourth-order valence-electron chi connectivity index (χ4n) is 2.44. The first-order chi connectivity index (χ1) is 14.3. The van der Waals surface area contributed by atoms with Gasteiger partial charge < -0.3 is 10.6 Å². The minimum Gasteiger partial charge on any atom is -0.370 e. The lowest BCUT2D eigenvalue weighted by molar-refractivity contribution is -0.137. The van der Waals surface area contributed by atoms with Crippen LogP contribution in [0.1, 0.15) is 36.1 Å². The Labute approximate surface area is 163 Å². The number of rotatable bonds is 6.